The zero-order chi connectivity index (χ0) is 14.8. The van der Waals surface area contributed by atoms with Gasteiger partial charge >= 0.3 is 12.3 Å². The zero-order valence-electron chi connectivity index (χ0n) is 11.6. The second kappa shape index (κ2) is 8.79. The van der Waals surface area contributed by atoms with E-state index in [9.17, 15) is 9.59 Å². The van der Waals surface area contributed by atoms with Gasteiger partial charge in [-0.3, -0.25) is 0 Å². The Morgan fingerprint density at radius 3 is 2.30 bits per heavy atom. The van der Waals surface area contributed by atoms with E-state index in [1.54, 1.807) is 38.1 Å². The molecule has 1 rings (SSSR count). The molecule has 20 heavy (non-hydrogen) atoms. The van der Waals surface area contributed by atoms with Crippen molar-refractivity contribution >= 4 is 12.3 Å². The Morgan fingerprint density at radius 2 is 1.60 bits per heavy atom. The van der Waals surface area contributed by atoms with E-state index < -0.39 is 12.3 Å². The molecular formula is C14H18O6. The van der Waals surface area contributed by atoms with Gasteiger partial charge < -0.3 is 18.9 Å². The van der Waals surface area contributed by atoms with Crippen LogP contribution in [0.1, 0.15) is 19.4 Å². The van der Waals surface area contributed by atoms with Gasteiger partial charge in [0.05, 0.1) is 19.8 Å². The first-order valence-corrected chi connectivity index (χ1v) is 6.39. The highest BCUT2D eigenvalue weighted by Gasteiger charge is 2.10. The Morgan fingerprint density at radius 1 is 0.950 bits per heavy atom. The van der Waals surface area contributed by atoms with Crippen molar-refractivity contribution in [3.05, 3.63) is 29.8 Å². The summed E-state index contributed by atoms with van der Waals surface area (Å²) in [7, 11) is 0. The topological polar surface area (TPSA) is 71.1 Å². The molecule has 6 nitrogen and oxygen atoms in total. The predicted molar refractivity (Wildman–Crippen MR) is 70.8 cm³/mol. The van der Waals surface area contributed by atoms with Crippen LogP contribution in [0.25, 0.3) is 0 Å². The molecule has 0 fully saturated rings. The molecule has 6 heteroatoms. The Bertz CT molecular complexity index is 443. The molecule has 0 radical (unpaired) electrons. The predicted octanol–water partition coefficient (Wildman–Crippen LogP) is 2.94. The molecule has 0 saturated heterocycles. The summed E-state index contributed by atoms with van der Waals surface area (Å²) in [6, 6.07) is 6.97. The van der Waals surface area contributed by atoms with Gasteiger partial charge in [0.2, 0.25) is 0 Å². The van der Waals surface area contributed by atoms with Crippen LogP contribution in [-0.4, -0.2) is 32.1 Å². The maximum Gasteiger partial charge on any atom is 0.513 e. The number of carbonyl (C=O) groups is 2. The molecule has 0 spiro atoms. The van der Waals surface area contributed by atoms with Crippen LogP contribution in [0.4, 0.5) is 9.59 Å². The fraction of sp³-hybridized carbons (Fsp3) is 0.429. The van der Waals surface area contributed by atoms with Crippen molar-refractivity contribution in [2.45, 2.75) is 20.3 Å². The number of para-hydroxylation sites is 1. The van der Waals surface area contributed by atoms with Gasteiger partial charge in [-0.1, -0.05) is 18.2 Å². The Kier molecular flexibility index (Phi) is 6.95. The van der Waals surface area contributed by atoms with Crippen molar-refractivity contribution in [2.75, 3.05) is 19.8 Å². The Balaban J connectivity index is 2.52. The van der Waals surface area contributed by atoms with Crippen LogP contribution in [0.3, 0.4) is 0 Å². The van der Waals surface area contributed by atoms with E-state index in [0.29, 0.717) is 12.2 Å². The first-order chi connectivity index (χ1) is 9.67. The minimum atomic E-state index is -0.758. The summed E-state index contributed by atoms with van der Waals surface area (Å²) < 4.78 is 19.3. The Hall–Kier alpha value is -2.24. The molecule has 0 heterocycles. The second-order valence-electron chi connectivity index (χ2n) is 3.67. The summed E-state index contributed by atoms with van der Waals surface area (Å²) in [6.45, 7) is 4.04. The molecule has 0 atom stereocenters. The van der Waals surface area contributed by atoms with Crippen molar-refractivity contribution in [2.24, 2.45) is 0 Å². The van der Waals surface area contributed by atoms with Gasteiger partial charge in [-0.15, -0.1) is 0 Å². The summed E-state index contributed by atoms with van der Waals surface area (Å²) in [5.41, 5.74) is 0.741. The molecule has 0 aromatic heterocycles. The summed E-state index contributed by atoms with van der Waals surface area (Å²) in [6.07, 6.45) is -1.06. The molecule has 0 aliphatic rings. The molecule has 1 aromatic carbocycles. The molecule has 0 amide bonds. The molecule has 0 aliphatic heterocycles. The van der Waals surface area contributed by atoms with Crippen molar-refractivity contribution in [1.29, 1.82) is 0 Å². The quantitative estimate of drug-likeness (QED) is 0.590. The number of hydrogen-bond donors (Lipinski definition) is 0. The standard InChI is InChI=1S/C14H18O6/c1-3-17-13(15)19-10-9-11-7-5-6-8-12(11)20-14(16)18-4-2/h5-8H,3-4,9-10H2,1-2H3. The average molecular weight is 282 g/mol. The number of hydrogen-bond acceptors (Lipinski definition) is 6. The Labute approximate surface area is 117 Å². The highest BCUT2D eigenvalue weighted by Crippen LogP contribution is 2.19. The first-order valence-electron chi connectivity index (χ1n) is 6.39. The number of carbonyl (C=O) groups excluding carboxylic acids is 2. The van der Waals surface area contributed by atoms with E-state index in [-0.39, 0.29) is 19.8 Å². The van der Waals surface area contributed by atoms with E-state index >= 15 is 0 Å². The lowest BCUT2D eigenvalue weighted by Gasteiger charge is -2.10. The van der Waals surface area contributed by atoms with Gasteiger partial charge in [-0.2, -0.15) is 0 Å². The van der Waals surface area contributed by atoms with Gasteiger partial charge in [0.25, 0.3) is 0 Å². The smallest absolute Gasteiger partial charge is 0.435 e. The van der Waals surface area contributed by atoms with Gasteiger partial charge in [0.1, 0.15) is 5.75 Å². The summed E-state index contributed by atoms with van der Waals surface area (Å²) in [5, 5.41) is 0. The third-order valence-corrected chi connectivity index (χ3v) is 2.28. The highest BCUT2D eigenvalue weighted by molar-refractivity contribution is 5.64. The molecule has 110 valence electrons. The lowest BCUT2D eigenvalue weighted by molar-refractivity contribution is 0.0595. The van der Waals surface area contributed by atoms with Crippen LogP contribution >= 0.6 is 0 Å². The van der Waals surface area contributed by atoms with Crippen LogP contribution in [0.2, 0.25) is 0 Å². The molecule has 0 bridgehead atoms. The monoisotopic (exact) mass is 282 g/mol. The van der Waals surface area contributed by atoms with Gasteiger partial charge in [-0.25, -0.2) is 9.59 Å². The maximum absolute atomic E-state index is 11.3. The van der Waals surface area contributed by atoms with E-state index in [4.69, 9.17) is 14.2 Å². The third-order valence-electron chi connectivity index (χ3n) is 2.28. The van der Waals surface area contributed by atoms with Crippen molar-refractivity contribution < 1.29 is 28.5 Å². The van der Waals surface area contributed by atoms with Crippen LogP contribution in [0.5, 0.6) is 5.75 Å². The van der Waals surface area contributed by atoms with Crippen LogP contribution in [0.15, 0.2) is 24.3 Å². The second-order valence-corrected chi connectivity index (χ2v) is 3.67. The van der Waals surface area contributed by atoms with Gasteiger partial charge in [-0.05, 0) is 25.5 Å². The van der Waals surface area contributed by atoms with Gasteiger partial charge in [0, 0.05) is 6.42 Å². The molecule has 1 aromatic rings. The molecule has 0 unspecified atom stereocenters. The fourth-order valence-corrected chi connectivity index (χ4v) is 1.45. The van der Waals surface area contributed by atoms with Crippen LogP contribution in [-0.2, 0) is 20.6 Å². The lowest BCUT2D eigenvalue weighted by Crippen LogP contribution is -2.13. The van der Waals surface area contributed by atoms with Crippen LogP contribution in [0, 0.1) is 0 Å². The SMILES string of the molecule is CCOC(=O)OCCc1ccccc1OC(=O)OCC. The van der Waals surface area contributed by atoms with E-state index in [0.717, 1.165) is 5.56 Å². The lowest BCUT2D eigenvalue weighted by atomic mass is 10.1. The molecule has 0 aliphatic carbocycles. The van der Waals surface area contributed by atoms with E-state index in [1.807, 2.05) is 0 Å². The molecule has 0 saturated carbocycles. The summed E-state index contributed by atoms with van der Waals surface area (Å²) >= 11 is 0. The van der Waals surface area contributed by atoms with Gasteiger partial charge in [0.15, 0.2) is 0 Å². The average Bonchev–Trinajstić information content (AvgIpc) is 2.41. The highest BCUT2D eigenvalue weighted by atomic mass is 16.7. The van der Waals surface area contributed by atoms with E-state index in [2.05, 4.69) is 4.74 Å². The minimum absolute atomic E-state index is 0.141. The molecular weight excluding hydrogens is 264 g/mol. The normalized spacial score (nSPS) is 9.70. The summed E-state index contributed by atoms with van der Waals surface area (Å²) in [4.78, 5) is 22.3. The first kappa shape index (κ1) is 15.8. The maximum atomic E-state index is 11.3. The largest absolute Gasteiger partial charge is 0.513 e. The zero-order valence-corrected chi connectivity index (χ0v) is 11.6. The molecule has 0 N–H and O–H groups in total. The van der Waals surface area contributed by atoms with Crippen molar-refractivity contribution in [1.82, 2.24) is 0 Å². The number of benzene rings is 1. The van der Waals surface area contributed by atoms with Crippen molar-refractivity contribution in [3.8, 4) is 5.75 Å². The third kappa shape index (κ3) is 5.60. The van der Waals surface area contributed by atoms with E-state index in [1.165, 1.54) is 0 Å². The summed E-state index contributed by atoms with van der Waals surface area (Å²) in [5.74, 6) is 0.387. The van der Waals surface area contributed by atoms with Crippen LogP contribution < -0.4 is 4.74 Å². The number of rotatable bonds is 6. The minimum Gasteiger partial charge on any atom is -0.435 e. The fourth-order valence-electron chi connectivity index (χ4n) is 1.45. The van der Waals surface area contributed by atoms with Crippen molar-refractivity contribution in [3.63, 3.8) is 0 Å². The number of ether oxygens (including phenoxy) is 4.